The van der Waals surface area contributed by atoms with E-state index in [2.05, 4.69) is 21.6 Å². The summed E-state index contributed by atoms with van der Waals surface area (Å²) in [5.41, 5.74) is 3.20. The Balaban J connectivity index is 1.21. The van der Waals surface area contributed by atoms with Crippen molar-refractivity contribution in [2.45, 2.75) is 51.2 Å². The molecule has 1 saturated heterocycles. The third-order valence-corrected chi connectivity index (χ3v) is 5.97. The van der Waals surface area contributed by atoms with Gasteiger partial charge in [-0.3, -0.25) is 9.59 Å². The number of amides is 2. The standard InChI is InChI=1S/C25H31N3O3/c29-24(13-10-19-4-3-7-23(16-19)31-22-5-1-2-6-22)27-17-20-8-11-21(12-9-20)28-15-14-26-25(30)18-28/h3-4,7-9,11-12,16,22H,1-2,5-6,10,13-15,17-18H2,(H,26,30)(H,27,29). The first-order valence-electron chi connectivity index (χ1n) is 11.3. The maximum atomic E-state index is 12.3. The molecule has 164 valence electrons. The number of hydrogen-bond donors (Lipinski definition) is 2. The molecule has 0 unspecified atom stereocenters. The van der Waals surface area contributed by atoms with Crippen LogP contribution in [0, 0.1) is 0 Å². The quantitative estimate of drug-likeness (QED) is 0.687. The molecule has 2 N–H and O–H groups in total. The summed E-state index contributed by atoms with van der Waals surface area (Å²) in [6.07, 6.45) is 6.28. The van der Waals surface area contributed by atoms with E-state index in [1.54, 1.807) is 0 Å². The lowest BCUT2D eigenvalue weighted by molar-refractivity contribution is -0.121. The molecule has 4 rings (SSSR count). The predicted molar refractivity (Wildman–Crippen MR) is 121 cm³/mol. The number of piperazine rings is 1. The van der Waals surface area contributed by atoms with E-state index in [1.165, 1.54) is 12.8 Å². The van der Waals surface area contributed by atoms with Gasteiger partial charge in [-0.25, -0.2) is 0 Å². The number of carbonyl (C=O) groups excluding carboxylic acids is 2. The molecule has 1 saturated carbocycles. The molecule has 0 spiro atoms. The number of hydrogen-bond acceptors (Lipinski definition) is 4. The van der Waals surface area contributed by atoms with E-state index < -0.39 is 0 Å². The van der Waals surface area contributed by atoms with Crippen LogP contribution in [0.15, 0.2) is 48.5 Å². The molecule has 1 aliphatic heterocycles. The first kappa shape index (κ1) is 21.2. The fourth-order valence-corrected chi connectivity index (χ4v) is 4.20. The SMILES string of the molecule is O=C(CCc1cccc(OC2CCCC2)c1)NCc1ccc(N2CCNC(=O)C2)cc1. The number of benzene rings is 2. The molecule has 2 aromatic carbocycles. The zero-order chi connectivity index (χ0) is 21.5. The van der Waals surface area contributed by atoms with Crippen molar-refractivity contribution in [1.29, 1.82) is 0 Å². The Bertz CT molecular complexity index is 891. The Morgan fingerprint density at radius 1 is 1.10 bits per heavy atom. The van der Waals surface area contributed by atoms with Gasteiger partial charge >= 0.3 is 0 Å². The maximum Gasteiger partial charge on any atom is 0.239 e. The van der Waals surface area contributed by atoms with Crippen LogP contribution < -0.4 is 20.3 Å². The van der Waals surface area contributed by atoms with Crippen molar-refractivity contribution in [3.05, 3.63) is 59.7 Å². The molecule has 2 amide bonds. The molecule has 6 heteroatoms. The predicted octanol–water partition coefficient (Wildman–Crippen LogP) is 3.19. The largest absolute Gasteiger partial charge is 0.490 e. The highest BCUT2D eigenvalue weighted by Gasteiger charge is 2.17. The van der Waals surface area contributed by atoms with Gasteiger partial charge in [0.15, 0.2) is 0 Å². The maximum absolute atomic E-state index is 12.3. The van der Waals surface area contributed by atoms with Crippen LogP contribution in [0.4, 0.5) is 5.69 Å². The van der Waals surface area contributed by atoms with E-state index in [9.17, 15) is 9.59 Å². The van der Waals surface area contributed by atoms with Crippen LogP contribution in [0.1, 0.15) is 43.2 Å². The molecular formula is C25H31N3O3. The van der Waals surface area contributed by atoms with Gasteiger partial charge in [0, 0.05) is 31.7 Å². The van der Waals surface area contributed by atoms with Crippen LogP contribution >= 0.6 is 0 Å². The smallest absolute Gasteiger partial charge is 0.239 e. The molecule has 2 fully saturated rings. The first-order valence-corrected chi connectivity index (χ1v) is 11.3. The molecule has 0 radical (unpaired) electrons. The number of rotatable bonds is 8. The summed E-state index contributed by atoms with van der Waals surface area (Å²) in [5.74, 6) is 1.01. The van der Waals surface area contributed by atoms with E-state index in [1.807, 2.05) is 42.5 Å². The van der Waals surface area contributed by atoms with Gasteiger partial charge in [-0.2, -0.15) is 0 Å². The number of nitrogens with zero attached hydrogens (tertiary/aromatic N) is 1. The van der Waals surface area contributed by atoms with Crippen molar-refractivity contribution in [1.82, 2.24) is 10.6 Å². The second-order valence-electron chi connectivity index (χ2n) is 8.39. The molecular weight excluding hydrogens is 390 g/mol. The lowest BCUT2D eigenvalue weighted by Gasteiger charge is -2.28. The van der Waals surface area contributed by atoms with Crippen molar-refractivity contribution in [3.63, 3.8) is 0 Å². The van der Waals surface area contributed by atoms with E-state index in [-0.39, 0.29) is 11.8 Å². The average Bonchev–Trinajstić information content (AvgIpc) is 3.30. The van der Waals surface area contributed by atoms with Gasteiger partial charge in [0.25, 0.3) is 0 Å². The number of nitrogens with one attached hydrogen (secondary N) is 2. The summed E-state index contributed by atoms with van der Waals surface area (Å²) in [4.78, 5) is 25.9. The summed E-state index contributed by atoms with van der Waals surface area (Å²) in [5, 5.41) is 5.83. The number of aryl methyl sites for hydroxylation is 1. The Morgan fingerprint density at radius 2 is 1.90 bits per heavy atom. The Morgan fingerprint density at radius 3 is 2.68 bits per heavy atom. The molecule has 2 aliphatic rings. The minimum absolute atomic E-state index is 0.0406. The van der Waals surface area contributed by atoms with Gasteiger partial charge in [0.2, 0.25) is 11.8 Å². The molecule has 0 aromatic heterocycles. The molecule has 0 atom stereocenters. The zero-order valence-corrected chi connectivity index (χ0v) is 17.9. The van der Waals surface area contributed by atoms with E-state index >= 15 is 0 Å². The Labute approximate surface area is 184 Å². The fraction of sp³-hybridized carbons (Fsp3) is 0.440. The summed E-state index contributed by atoms with van der Waals surface area (Å²) >= 11 is 0. The van der Waals surface area contributed by atoms with Crippen LogP contribution in [0.25, 0.3) is 0 Å². The van der Waals surface area contributed by atoms with Gasteiger partial charge in [-0.15, -0.1) is 0 Å². The minimum atomic E-state index is 0.0406. The number of ether oxygens (including phenoxy) is 1. The van der Waals surface area contributed by atoms with Crippen molar-refractivity contribution in [2.75, 3.05) is 24.5 Å². The van der Waals surface area contributed by atoms with Crippen LogP contribution in [-0.4, -0.2) is 37.6 Å². The topological polar surface area (TPSA) is 70.7 Å². The van der Waals surface area contributed by atoms with E-state index in [0.717, 1.165) is 42.0 Å². The van der Waals surface area contributed by atoms with Gasteiger partial charge in [0.05, 0.1) is 12.6 Å². The highest BCUT2D eigenvalue weighted by molar-refractivity contribution is 5.82. The van der Waals surface area contributed by atoms with Gasteiger partial charge < -0.3 is 20.3 Å². The number of carbonyl (C=O) groups is 2. The molecule has 1 aliphatic carbocycles. The summed E-state index contributed by atoms with van der Waals surface area (Å²) < 4.78 is 6.06. The van der Waals surface area contributed by atoms with Crippen LogP contribution in [-0.2, 0) is 22.6 Å². The molecule has 0 bridgehead atoms. The van der Waals surface area contributed by atoms with Crippen molar-refractivity contribution in [3.8, 4) is 5.75 Å². The second-order valence-corrected chi connectivity index (χ2v) is 8.39. The highest BCUT2D eigenvalue weighted by Crippen LogP contribution is 2.25. The van der Waals surface area contributed by atoms with Crippen molar-refractivity contribution >= 4 is 17.5 Å². The van der Waals surface area contributed by atoms with Crippen molar-refractivity contribution < 1.29 is 14.3 Å². The average molecular weight is 422 g/mol. The monoisotopic (exact) mass is 421 g/mol. The molecule has 6 nitrogen and oxygen atoms in total. The molecule has 2 aromatic rings. The van der Waals surface area contributed by atoms with Gasteiger partial charge in [-0.1, -0.05) is 24.3 Å². The third-order valence-electron chi connectivity index (χ3n) is 5.97. The minimum Gasteiger partial charge on any atom is -0.490 e. The highest BCUT2D eigenvalue weighted by atomic mass is 16.5. The van der Waals surface area contributed by atoms with E-state index in [4.69, 9.17) is 4.74 Å². The van der Waals surface area contributed by atoms with Crippen LogP contribution in [0.2, 0.25) is 0 Å². The number of anilines is 1. The third kappa shape index (κ3) is 6.23. The van der Waals surface area contributed by atoms with Crippen LogP contribution in [0.3, 0.4) is 0 Å². The Hall–Kier alpha value is -3.02. The van der Waals surface area contributed by atoms with Crippen LogP contribution in [0.5, 0.6) is 5.75 Å². The lowest BCUT2D eigenvalue weighted by atomic mass is 10.1. The van der Waals surface area contributed by atoms with Gasteiger partial charge in [0.1, 0.15) is 5.75 Å². The second kappa shape index (κ2) is 10.3. The van der Waals surface area contributed by atoms with Crippen molar-refractivity contribution in [2.24, 2.45) is 0 Å². The van der Waals surface area contributed by atoms with Gasteiger partial charge in [-0.05, 0) is 67.5 Å². The Kier molecular flexibility index (Phi) is 7.07. The first-order chi connectivity index (χ1) is 15.2. The summed E-state index contributed by atoms with van der Waals surface area (Å²) in [7, 11) is 0. The summed E-state index contributed by atoms with van der Waals surface area (Å²) in [6, 6.07) is 16.1. The van der Waals surface area contributed by atoms with E-state index in [0.29, 0.717) is 38.6 Å². The normalized spacial score (nSPS) is 16.8. The fourth-order valence-electron chi connectivity index (χ4n) is 4.20. The molecule has 1 heterocycles. The summed E-state index contributed by atoms with van der Waals surface area (Å²) in [6.45, 7) is 2.38. The molecule has 31 heavy (non-hydrogen) atoms. The lowest BCUT2D eigenvalue weighted by Crippen LogP contribution is -2.47. The zero-order valence-electron chi connectivity index (χ0n) is 17.9.